The molecule has 30 heavy (non-hydrogen) atoms. The van der Waals surface area contributed by atoms with Gasteiger partial charge in [-0.3, -0.25) is 9.48 Å². The average Bonchev–Trinajstić information content (AvgIpc) is 3.43. The monoisotopic (exact) mass is 403 g/mol. The smallest absolute Gasteiger partial charge is 0.278 e. The molecule has 0 aromatic carbocycles. The molecule has 1 aliphatic heterocycles. The summed E-state index contributed by atoms with van der Waals surface area (Å²) < 4.78 is 7.29. The Morgan fingerprint density at radius 1 is 1.23 bits per heavy atom. The highest BCUT2D eigenvalue weighted by molar-refractivity contribution is 6.02. The number of carbonyl (C=O) groups excluding carboxylic acids is 1. The first-order chi connectivity index (χ1) is 14.7. The zero-order valence-corrected chi connectivity index (χ0v) is 16.5. The zero-order chi connectivity index (χ0) is 20.5. The number of anilines is 1. The first kappa shape index (κ1) is 18.4. The van der Waals surface area contributed by atoms with Gasteiger partial charge in [-0.2, -0.15) is 5.10 Å². The molecule has 152 valence electrons. The molecular weight excluding hydrogens is 382 g/mol. The van der Waals surface area contributed by atoms with Crippen LogP contribution in [-0.4, -0.2) is 43.7 Å². The molecule has 9 nitrogen and oxygen atoms in total. The predicted octanol–water partition coefficient (Wildman–Crippen LogP) is 2.74. The summed E-state index contributed by atoms with van der Waals surface area (Å²) in [6, 6.07) is 5.63. The Morgan fingerprint density at radius 2 is 2.10 bits per heavy atom. The molecule has 4 aromatic heterocycles. The highest BCUT2D eigenvalue weighted by Crippen LogP contribution is 2.25. The van der Waals surface area contributed by atoms with Crippen molar-refractivity contribution < 1.29 is 9.21 Å². The Balaban J connectivity index is 1.35. The van der Waals surface area contributed by atoms with Gasteiger partial charge in [0.15, 0.2) is 11.6 Å². The van der Waals surface area contributed by atoms with Crippen molar-refractivity contribution in [3.05, 3.63) is 54.6 Å². The largest absolute Gasteiger partial charge is 0.448 e. The molecule has 2 N–H and O–H groups in total. The summed E-state index contributed by atoms with van der Waals surface area (Å²) in [5.74, 6) is 0.932. The number of amides is 1. The highest BCUT2D eigenvalue weighted by atomic mass is 16.3. The van der Waals surface area contributed by atoms with Crippen molar-refractivity contribution in [3.8, 4) is 11.3 Å². The molecule has 0 saturated carbocycles. The van der Waals surface area contributed by atoms with Gasteiger partial charge in [-0.15, -0.1) is 0 Å². The van der Waals surface area contributed by atoms with E-state index in [4.69, 9.17) is 4.42 Å². The van der Waals surface area contributed by atoms with Crippen LogP contribution in [0.1, 0.15) is 35.1 Å². The summed E-state index contributed by atoms with van der Waals surface area (Å²) >= 11 is 0. The summed E-state index contributed by atoms with van der Waals surface area (Å²) in [6.07, 6.45) is 8.68. The molecule has 0 atom stereocenters. The number of piperidine rings is 1. The van der Waals surface area contributed by atoms with Gasteiger partial charge in [-0.25, -0.2) is 15.0 Å². The van der Waals surface area contributed by atoms with Crippen molar-refractivity contribution in [1.82, 2.24) is 30.0 Å². The molecule has 0 aliphatic carbocycles. The average molecular weight is 403 g/mol. The number of oxazole rings is 1. The number of aromatic nitrogens is 5. The van der Waals surface area contributed by atoms with E-state index in [2.05, 4.69) is 30.7 Å². The molecule has 1 aliphatic rings. The first-order valence-corrected chi connectivity index (χ1v) is 9.89. The van der Waals surface area contributed by atoms with E-state index < -0.39 is 0 Å². The number of rotatable bonds is 4. The van der Waals surface area contributed by atoms with Crippen LogP contribution in [0.5, 0.6) is 0 Å². The van der Waals surface area contributed by atoms with Crippen molar-refractivity contribution in [2.45, 2.75) is 18.8 Å². The quantitative estimate of drug-likeness (QED) is 0.539. The van der Waals surface area contributed by atoms with Crippen molar-refractivity contribution >= 4 is 22.6 Å². The fourth-order valence-corrected chi connectivity index (χ4v) is 3.63. The van der Waals surface area contributed by atoms with E-state index in [1.54, 1.807) is 23.1 Å². The van der Waals surface area contributed by atoms with Crippen LogP contribution >= 0.6 is 0 Å². The van der Waals surface area contributed by atoms with Gasteiger partial charge >= 0.3 is 0 Å². The number of pyridine rings is 2. The number of nitrogens with one attached hydrogen (secondary N) is 2. The van der Waals surface area contributed by atoms with E-state index in [1.165, 1.54) is 6.26 Å². The summed E-state index contributed by atoms with van der Waals surface area (Å²) in [4.78, 5) is 26.0. The van der Waals surface area contributed by atoms with E-state index in [9.17, 15) is 4.79 Å². The standard InChI is InChI=1S/C21H21N7O2/c1-28-11-15(10-24-28)16-3-2-14-9-23-19(8-17(14)25-16)27-20(29)18-12-30-21(26-18)13-4-6-22-7-5-13/h2-3,8-13,22H,4-7H2,1H3,(H,23,27,29). The molecule has 0 unspecified atom stereocenters. The lowest BCUT2D eigenvalue weighted by Gasteiger charge is -2.19. The number of hydrogen-bond donors (Lipinski definition) is 2. The lowest BCUT2D eigenvalue weighted by atomic mass is 9.98. The second-order valence-corrected chi connectivity index (χ2v) is 7.41. The summed E-state index contributed by atoms with van der Waals surface area (Å²) in [5, 5.41) is 11.2. The third-order valence-electron chi connectivity index (χ3n) is 5.26. The predicted molar refractivity (Wildman–Crippen MR) is 111 cm³/mol. The van der Waals surface area contributed by atoms with E-state index in [1.807, 2.05) is 25.4 Å². The van der Waals surface area contributed by atoms with Crippen molar-refractivity contribution in [3.63, 3.8) is 0 Å². The van der Waals surface area contributed by atoms with Crippen molar-refractivity contribution in [1.29, 1.82) is 0 Å². The molecule has 1 fully saturated rings. The second kappa shape index (κ2) is 7.68. The fourth-order valence-electron chi connectivity index (χ4n) is 3.63. The molecule has 9 heteroatoms. The molecule has 5 rings (SSSR count). The molecule has 1 amide bonds. The van der Waals surface area contributed by atoms with Gasteiger partial charge in [0.25, 0.3) is 5.91 Å². The van der Waals surface area contributed by atoms with E-state index in [0.717, 1.165) is 48.1 Å². The molecule has 1 saturated heterocycles. The SMILES string of the molecule is Cn1cc(-c2ccc3cnc(NC(=O)c4coc(C5CCNCC5)n4)cc3n2)cn1. The topological polar surface area (TPSA) is 111 Å². The van der Waals surface area contributed by atoms with Crippen molar-refractivity contribution in [2.24, 2.45) is 7.05 Å². The number of hydrogen-bond acceptors (Lipinski definition) is 7. The Labute approximate surface area is 172 Å². The summed E-state index contributed by atoms with van der Waals surface area (Å²) in [5.41, 5.74) is 2.72. The Kier molecular flexibility index (Phi) is 4.72. The Morgan fingerprint density at radius 3 is 2.90 bits per heavy atom. The van der Waals surface area contributed by atoms with Gasteiger partial charge < -0.3 is 15.1 Å². The molecular formula is C21H21N7O2. The molecule has 0 spiro atoms. The molecule has 0 bridgehead atoms. The fraction of sp³-hybridized carbons (Fsp3) is 0.286. The third-order valence-corrected chi connectivity index (χ3v) is 5.26. The van der Waals surface area contributed by atoms with Crippen LogP contribution in [0, 0.1) is 0 Å². The lowest BCUT2D eigenvalue weighted by molar-refractivity contribution is 0.102. The number of carbonyl (C=O) groups is 1. The zero-order valence-electron chi connectivity index (χ0n) is 16.5. The third kappa shape index (κ3) is 3.67. The first-order valence-electron chi connectivity index (χ1n) is 9.89. The van der Waals surface area contributed by atoms with Crippen LogP contribution in [0.25, 0.3) is 22.2 Å². The van der Waals surface area contributed by atoms with Gasteiger partial charge in [0, 0.05) is 42.4 Å². The summed E-state index contributed by atoms with van der Waals surface area (Å²) in [7, 11) is 1.86. The number of nitrogens with zero attached hydrogens (tertiary/aromatic N) is 5. The Bertz CT molecular complexity index is 1210. The maximum absolute atomic E-state index is 12.6. The van der Waals surface area contributed by atoms with Crippen molar-refractivity contribution in [2.75, 3.05) is 18.4 Å². The van der Waals surface area contributed by atoms with Gasteiger partial charge in [-0.1, -0.05) is 0 Å². The van der Waals surface area contributed by atoms with Gasteiger partial charge in [-0.05, 0) is 38.1 Å². The lowest BCUT2D eigenvalue weighted by Crippen LogP contribution is -2.26. The molecule has 0 radical (unpaired) electrons. The minimum absolute atomic E-state index is 0.252. The molecule has 5 heterocycles. The van der Waals surface area contributed by atoms with Crippen LogP contribution in [0.4, 0.5) is 5.82 Å². The van der Waals surface area contributed by atoms with Gasteiger partial charge in [0.2, 0.25) is 0 Å². The van der Waals surface area contributed by atoms with Crippen LogP contribution in [-0.2, 0) is 7.05 Å². The second-order valence-electron chi connectivity index (χ2n) is 7.41. The van der Waals surface area contributed by atoms with E-state index in [0.29, 0.717) is 11.7 Å². The highest BCUT2D eigenvalue weighted by Gasteiger charge is 2.22. The minimum atomic E-state index is -0.353. The molecule has 4 aromatic rings. The van der Waals surface area contributed by atoms with Crippen LogP contribution < -0.4 is 10.6 Å². The number of fused-ring (bicyclic) bond motifs is 1. The van der Waals surface area contributed by atoms with E-state index in [-0.39, 0.29) is 17.5 Å². The van der Waals surface area contributed by atoms with Crippen LogP contribution in [0.15, 0.2) is 47.5 Å². The minimum Gasteiger partial charge on any atom is -0.448 e. The summed E-state index contributed by atoms with van der Waals surface area (Å²) in [6.45, 7) is 1.87. The maximum Gasteiger partial charge on any atom is 0.278 e. The number of aryl methyl sites for hydroxylation is 1. The maximum atomic E-state index is 12.6. The van der Waals surface area contributed by atoms with Crippen LogP contribution in [0.2, 0.25) is 0 Å². The van der Waals surface area contributed by atoms with Crippen LogP contribution in [0.3, 0.4) is 0 Å². The normalized spacial score (nSPS) is 14.8. The van der Waals surface area contributed by atoms with E-state index >= 15 is 0 Å². The van der Waals surface area contributed by atoms with Gasteiger partial charge in [0.05, 0.1) is 17.4 Å². The van der Waals surface area contributed by atoms with Gasteiger partial charge in [0.1, 0.15) is 12.1 Å². The Hall–Kier alpha value is -3.59.